The molecule has 2 aliphatic heterocycles. The fourth-order valence-corrected chi connectivity index (χ4v) is 4.48. The smallest absolute Gasteiger partial charge is 0.266 e. The Balaban J connectivity index is 1.71. The molecule has 7 heteroatoms. The third kappa shape index (κ3) is 3.56. The maximum atomic E-state index is 12.9. The minimum Gasteiger partial charge on any atom is -0.454 e. The molecule has 2 heterocycles. The summed E-state index contributed by atoms with van der Waals surface area (Å²) >= 11 is 4.94. The van der Waals surface area contributed by atoms with Gasteiger partial charge in [0, 0.05) is 11.0 Å². The third-order valence-corrected chi connectivity index (χ3v) is 6.26. The van der Waals surface area contributed by atoms with Gasteiger partial charge in [0.15, 0.2) is 16.7 Å². The van der Waals surface area contributed by atoms with Crippen molar-refractivity contribution in [2.75, 3.05) is 13.3 Å². The molecule has 5 nitrogen and oxygen atoms in total. The highest BCUT2D eigenvalue weighted by atomic mass is 79.9. The van der Waals surface area contributed by atoms with Gasteiger partial charge in [0.05, 0.1) is 10.6 Å². The van der Waals surface area contributed by atoms with Gasteiger partial charge in [0.1, 0.15) is 0 Å². The molecule has 2 aromatic rings. The zero-order chi connectivity index (χ0) is 19.8. The summed E-state index contributed by atoms with van der Waals surface area (Å²) < 4.78 is 11.7. The summed E-state index contributed by atoms with van der Waals surface area (Å²) in [7, 11) is 0. The lowest BCUT2D eigenvalue weighted by Crippen LogP contribution is -2.28. The number of hydrogen-bond donors (Lipinski definition) is 0. The third-order valence-electron chi connectivity index (χ3n) is 4.56. The Morgan fingerprint density at radius 2 is 1.96 bits per heavy atom. The van der Waals surface area contributed by atoms with Crippen LogP contribution in [0.2, 0.25) is 0 Å². The van der Waals surface area contributed by atoms with Gasteiger partial charge < -0.3 is 9.47 Å². The van der Waals surface area contributed by atoms with Crippen molar-refractivity contribution in [3.63, 3.8) is 0 Å². The fourth-order valence-electron chi connectivity index (χ4n) is 3.00. The highest BCUT2D eigenvalue weighted by Crippen LogP contribution is 2.40. The number of ether oxygens (including phenoxy) is 2. The van der Waals surface area contributed by atoms with Crippen molar-refractivity contribution in [1.29, 1.82) is 0 Å². The molecule has 0 aromatic heterocycles. The standard InChI is InChI=1S/C21H19BrN2O3S/c1-4-24-20(25)19(9-14-8-17-18(10-15(14)22)27-11-26-17)28-21(24)23-16-7-12(2)5-6-13(16)3/h5-10H,4,11H2,1-3H3/b19-9+,23-21?. The van der Waals surface area contributed by atoms with E-state index in [-0.39, 0.29) is 12.7 Å². The molecule has 0 atom stereocenters. The zero-order valence-corrected chi connectivity index (χ0v) is 18.2. The van der Waals surface area contributed by atoms with Crippen LogP contribution in [0.15, 0.2) is 44.7 Å². The molecule has 144 valence electrons. The van der Waals surface area contributed by atoms with E-state index < -0.39 is 0 Å². The highest BCUT2D eigenvalue weighted by molar-refractivity contribution is 9.10. The van der Waals surface area contributed by atoms with Crippen molar-refractivity contribution in [1.82, 2.24) is 4.90 Å². The number of fused-ring (bicyclic) bond motifs is 1. The first-order chi connectivity index (χ1) is 13.5. The van der Waals surface area contributed by atoms with E-state index >= 15 is 0 Å². The van der Waals surface area contributed by atoms with E-state index in [2.05, 4.69) is 22.0 Å². The normalized spacial score (nSPS) is 18.6. The number of aryl methyl sites for hydroxylation is 2. The molecule has 0 radical (unpaired) electrons. The molecule has 0 unspecified atom stereocenters. The van der Waals surface area contributed by atoms with Gasteiger partial charge in [-0.2, -0.15) is 0 Å². The summed E-state index contributed by atoms with van der Waals surface area (Å²) in [5, 5.41) is 0.698. The number of halogens is 1. The minimum atomic E-state index is -0.0406. The number of rotatable bonds is 3. The molecule has 2 aromatic carbocycles. The number of carbonyl (C=O) groups excluding carboxylic acids is 1. The van der Waals surface area contributed by atoms with Crippen LogP contribution in [-0.4, -0.2) is 29.3 Å². The second-order valence-electron chi connectivity index (χ2n) is 6.57. The molecule has 2 aliphatic rings. The van der Waals surface area contributed by atoms with Crippen LogP contribution in [0.3, 0.4) is 0 Å². The van der Waals surface area contributed by atoms with Crippen molar-refractivity contribution >= 4 is 50.5 Å². The largest absolute Gasteiger partial charge is 0.454 e. The Bertz CT molecular complexity index is 1030. The van der Waals surface area contributed by atoms with Gasteiger partial charge in [-0.1, -0.05) is 28.1 Å². The Labute approximate surface area is 176 Å². The molecule has 4 rings (SSSR count). The predicted molar refractivity (Wildman–Crippen MR) is 116 cm³/mol. The number of amides is 1. The average molecular weight is 459 g/mol. The van der Waals surface area contributed by atoms with Crippen LogP contribution in [0.1, 0.15) is 23.6 Å². The molecule has 0 saturated carbocycles. The summed E-state index contributed by atoms with van der Waals surface area (Å²) in [5.74, 6) is 1.34. The second kappa shape index (κ2) is 7.64. The summed E-state index contributed by atoms with van der Waals surface area (Å²) in [6.07, 6.45) is 1.87. The topological polar surface area (TPSA) is 51.1 Å². The number of amidine groups is 1. The highest BCUT2D eigenvalue weighted by Gasteiger charge is 2.32. The number of hydrogen-bond acceptors (Lipinski definition) is 5. The average Bonchev–Trinajstić information content (AvgIpc) is 3.22. The van der Waals surface area contributed by atoms with Crippen molar-refractivity contribution in [2.24, 2.45) is 4.99 Å². The predicted octanol–water partition coefficient (Wildman–Crippen LogP) is 5.42. The SMILES string of the molecule is CCN1C(=O)/C(=C\c2cc3c(cc2Br)OCO3)SC1=Nc1cc(C)ccc1C. The van der Waals surface area contributed by atoms with Crippen LogP contribution in [0.4, 0.5) is 5.69 Å². The van der Waals surface area contributed by atoms with Gasteiger partial charge in [-0.25, -0.2) is 4.99 Å². The number of likely N-dealkylation sites (N-methyl/N-ethyl adjacent to an activating group) is 1. The van der Waals surface area contributed by atoms with E-state index in [4.69, 9.17) is 14.5 Å². The monoisotopic (exact) mass is 458 g/mol. The van der Waals surface area contributed by atoms with Gasteiger partial charge in [0.2, 0.25) is 6.79 Å². The Kier molecular flexibility index (Phi) is 5.21. The second-order valence-corrected chi connectivity index (χ2v) is 8.43. The summed E-state index contributed by atoms with van der Waals surface area (Å²) in [4.78, 5) is 20.0. The Morgan fingerprint density at radius 1 is 1.21 bits per heavy atom. The van der Waals surface area contributed by atoms with Gasteiger partial charge in [-0.05, 0) is 73.5 Å². The van der Waals surface area contributed by atoms with Crippen LogP contribution in [-0.2, 0) is 4.79 Å². The lowest BCUT2D eigenvalue weighted by Gasteiger charge is -2.12. The van der Waals surface area contributed by atoms with Gasteiger partial charge >= 0.3 is 0 Å². The molecule has 0 bridgehead atoms. The Hall–Kier alpha value is -2.25. The molecule has 1 fully saturated rings. The van der Waals surface area contributed by atoms with Crippen molar-refractivity contribution in [3.05, 3.63) is 56.4 Å². The van der Waals surface area contributed by atoms with Crippen molar-refractivity contribution in [2.45, 2.75) is 20.8 Å². The molecule has 0 N–H and O–H groups in total. The molecular formula is C21H19BrN2O3S. The lowest BCUT2D eigenvalue weighted by atomic mass is 10.1. The maximum Gasteiger partial charge on any atom is 0.266 e. The summed E-state index contributed by atoms with van der Waals surface area (Å²) in [6.45, 7) is 6.80. The molecule has 1 saturated heterocycles. The Morgan fingerprint density at radius 3 is 2.71 bits per heavy atom. The number of thioether (sulfide) groups is 1. The first-order valence-corrected chi connectivity index (χ1v) is 10.5. The molecule has 28 heavy (non-hydrogen) atoms. The van der Waals surface area contributed by atoms with E-state index in [1.54, 1.807) is 4.90 Å². The number of aliphatic imine (C=N–C) groups is 1. The number of carbonyl (C=O) groups is 1. The molecule has 0 spiro atoms. The minimum absolute atomic E-state index is 0.0406. The lowest BCUT2D eigenvalue weighted by molar-refractivity contribution is -0.122. The van der Waals surface area contributed by atoms with Crippen LogP contribution in [0.5, 0.6) is 11.5 Å². The van der Waals surface area contributed by atoms with Gasteiger partial charge in [0.25, 0.3) is 5.91 Å². The quantitative estimate of drug-likeness (QED) is 0.576. The fraction of sp³-hybridized carbons (Fsp3) is 0.238. The number of nitrogens with zero attached hydrogens (tertiary/aromatic N) is 2. The maximum absolute atomic E-state index is 12.9. The van der Waals surface area contributed by atoms with E-state index in [1.807, 2.05) is 51.1 Å². The number of benzene rings is 2. The van der Waals surface area contributed by atoms with E-state index in [1.165, 1.54) is 11.8 Å². The van der Waals surface area contributed by atoms with Crippen molar-refractivity contribution < 1.29 is 14.3 Å². The molecule has 0 aliphatic carbocycles. The van der Waals surface area contributed by atoms with E-state index in [9.17, 15) is 4.79 Å². The van der Waals surface area contributed by atoms with Gasteiger partial charge in [-0.3, -0.25) is 9.69 Å². The van der Waals surface area contributed by atoms with Gasteiger partial charge in [-0.15, -0.1) is 0 Å². The van der Waals surface area contributed by atoms with Crippen molar-refractivity contribution in [3.8, 4) is 11.5 Å². The first-order valence-electron chi connectivity index (χ1n) is 8.92. The zero-order valence-electron chi connectivity index (χ0n) is 15.8. The van der Waals surface area contributed by atoms with E-state index in [0.717, 1.165) is 26.9 Å². The summed E-state index contributed by atoms with van der Waals surface area (Å²) in [6, 6.07) is 9.89. The van der Waals surface area contributed by atoms with Crippen LogP contribution in [0, 0.1) is 13.8 Å². The van der Waals surface area contributed by atoms with Crippen LogP contribution >= 0.6 is 27.7 Å². The van der Waals surface area contributed by atoms with Crippen LogP contribution < -0.4 is 9.47 Å². The van der Waals surface area contributed by atoms with Crippen LogP contribution in [0.25, 0.3) is 6.08 Å². The molecular weight excluding hydrogens is 440 g/mol. The van der Waals surface area contributed by atoms with E-state index in [0.29, 0.717) is 28.1 Å². The molecule has 1 amide bonds. The summed E-state index contributed by atoms with van der Waals surface area (Å²) in [5.41, 5.74) is 3.98. The first kappa shape index (κ1) is 19.1.